The van der Waals surface area contributed by atoms with Gasteiger partial charge in [-0.25, -0.2) is 4.98 Å². The molecule has 0 aliphatic carbocycles. The van der Waals surface area contributed by atoms with Crippen LogP contribution in [0.4, 0.5) is 5.95 Å². The van der Waals surface area contributed by atoms with Crippen LogP contribution < -0.4 is 15.2 Å². The zero-order valence-electron chi connectivity index (χ0n) is 15.5. The fraction of sp³-hybridized carbons (Fsp3) is 0.500. The second-order valence-electron chi connectivity index (χ2n) is 7.51. The summed E-state index contributed by atoms with van der Waals surface area (Å²) in [5.41, 5.74) is 1.95. The van der Waals surface area contributed by atoms with Crippen molar-refractivity contribution in [3.8, 4) is 5.75 Å². The number of benzene rings is 1. The summed E-state index contributed by atoms with van der Waals surface area (Å²) in [4.78, 5) is 22.3. The number of hydrogen-bond donors (Lipinski definition) is 2. The Kier molecular flexibility index (Phi) is 4.88. The van der Waals surface area contributed by atoms with Gasteiger partial charge >= 0.3 is 0 Å². The van der Waals surface area contributed by atoms with E-state index in [2.05, 4.69) is 9.97 Å². The lowest BCUT2D eigenvalue weighted by atomic mass is 9.80. The van der Waals surface area contributed by atoms with Crippen molar-refractivity contribution >= 4 is 5.95 Å². The second-order valence-corrected chi connectivity index (χ2v) is 7.51. The largest absolute Gasteiger partial charge is 0.487 e. The zero-order chi connectivity index (χ0) is 18.9. The Labute approximate surface area is 158 Å². The highest BCUT2D eigenvalue weighted by Gasteiger charge is 2.34. The molecule has 4 rings (SSSR count). The van der Waals surface area contributed by atoms with Crippen molar-refractivity contribution < 1.29 is 14.6 Å². The van der Waals surface area contributed by atoms with Gasteiger partial charge in [-0.3, -0.25) is 9.78 Å². The van der Waals surface area contributed by atoms with Crippen molar-refractivity contribution in [3.63, 3.8) is 0 Å². The smallest absolute Gasteiger partial charge is 0.256 e. The number of fused-ring (bicyclic) bond motifs is 2. The van der Waals surface area contributed by atoms with Crippen LogP contribution in [-0.4, -0.2) is 48.5 Å². The molecule has 0 bridgehead atoms. The van der Waals surface area contributed by atoms with Crippen LogP contribution in [0.2, 0.25) is 0 Å². The topological polar surface area (TPSA) is 87.7 Å². The van der Waals surface area contributed by atoms with Gasteiger partial charge < -0.3 is 19.5 Å². The van der Waals surface area contributed by atoms with Crippen molar-refractivity contribution in [2.75, 3.05) is 38.3 Å². The number of rotatable bonds is 4. The van der Waals surface area contributed by atoms with E-state index < -0.39 is 0 Å². The molecule has 7 nitrogen and oxygen atoms in total. The van der Waals surface area contributed by atoms with E-state index in [-0.39, 0.29) is 24.2 Å². The van der Waals surface area contributed by atoms with E-state index in [1.165, 1.54) is 0 Å². The third kappa shape index (κ3) is 3.57. The molecule has 7 heteroatoms. The molecule has 0 spiro atoms. The lowest BCUT2D eigenvalue weighted by Crippen LogP contribution is -2.43. The fourth-order valence-electron chi connectivity index (χ4n) is 3.89. The normalized spacial score (nSPS) is 18.0. The Balaban J connectivity index is 1.60. The summed E-state index contributed by atoms with van der Waals surface area (Å²) in [6.45, 7) is 2.27. The monoisotopic (exact) mass is 371 g/mol. The van der Waals surface area contributed by atoms with Crippen LogP contribution >= 0.6 is 0 Å². The predicted octanol–water partition coefficient (Wildman–Crippen LogP) is 1.48. The van der Waals surface area contributed by atoms with Gasteiger partial charge in [0, 0.05) is 44.2 Å². The van der Waals surface area contributed by atoms with Crippen LogP contribution in [-0.2, 0) is 17.8 Å². The average molecular weight is 371 g/mol. The van der Waals surface area contributed by atoms with E-state index in [1.54, 1.807) is 0 Å². The first-order valence-corrected chi connectivity index (χ1v) is 9.33. The number of para-hydroxylation sites is 1. The molecule has 2 N–H and O–H groups in total. The second kappa shape index (κ2) is 7.32. The molecule has 1 saturated heterocycles. The third-order valence-electron chi connectivity index (χ3n) is 5.62. The molecule has 0 radical (unpaired) electrons. The van der Waals surface area contributed by atoms with E-state index in [0.29, 0.717) is 43.4 Å². The van der Waals surface area contributed by atoms with Gasteiger partial charge in [0.15, 0.2) is 0 Å². The lowest BCUT2D eigenvalue weighted by molar-refractivity contribution is -0.0114. The van der Waals surface area contributed by atoms with E-state index in [0.717, 1.165) is 24.2 Å². The van der Waals surface area contributed by atoms with Crippen molar-refractivity contribution in [2.24, 2.45) is 5.41 Å². The summed E-state index contributed by atoms with van der Waals surface area (Å²) >= 11 is 0. The first-order chi connectivity index (χ1) is 13.1. The molecule has 1 fully saturated rings. The van der Waals surface area contributed by atoms with Crippen LogP contribution in [0.1, 0.15) is 29.7 Å². The van der Waals surface area contributed by atoms with Gasteiger partial charge in [-0.05, 0) is 24.5 Å². The number of aromatic nitrogens is 2. The maximum absolute atomic E-state index is 12.7. The highest BCUT2D eigenvalue weighted by molar-refractivity contribution is 5.42. The Morgan fingerprint density at radius 3 is 2.85 bits per heavy atom. The van der Waals surface area contributed by atoms with Crippen LogP contribution in [0.15, 0.2) is 29.1 Å². The third-order valence-corrected chi connectivity index (χ3v) is 5.62. The molecule has 0 amide bonds. The molecule has 0 atom stereocenters. The molecular formula is C20H25N3O4. The number of nitrogens with zero attached hydrogens (tertiary/aromatic N) is 2. The average Bonchev–Trinajstić information content (AvgIpc) is 2.88. The molecule has 3 heterocycles. The fourth-order valence-corrected chi connectivity index (χ4v) is 3.89. The number of anilines is 1. The van der Waals surface area contributed by atoms with Crippen molar-refractivity contribution in [2.45, 2.75) is 25.9 Å². The molecule has 2 aromatic rings. The summed E-state index contributed by atoms with van der Waals surface area (Å²) in [5.74, 6) is 1.30. The molecule has 0 saturated carbocycles. The SMILES string of the molecule is CN(CC1(CO)CCOCC1)c1nc2c(c(=O)[nH]1)Cc1ccccc1OC2. The number of nitrogens with one attached hydrogen (secondary N) is 1. The molecular weight excluding hydrogens is 346 g/mol. The van der Waals surface area contributed by atoms with E-state index in [1.807, 2.05) is 36.2 Å². The Hall–Kier alpha value is -2.38. The lowest BCUT2D eigenvalue weighted by Gasteiger charge is -2.38. The number of aliphatic hydroxyl groups excluding tert-OH is 1. The first kappa shape index (κ1) is 18.0. The quantitative estimate of drug-likeness (QED) is 0.846. The number of aromatic amines is 1. The van der Waals surface area contributed by atoms with Crippen LogP contribution in [0, 0.1) is 5.41 Å². The van der Waals surface area contributed by atoms with Gasteiger partial charge in [-0.15, -0.1) is 0 Å². The minimum Gasteiger partial charge on any atom is -0.487 e. The number of H-pyrrole nitrogens is 1. The summed E-state index contributed by atoms with van der Waals surface area (Å²) in [5, 5.41) is 9.93. The molecule has 2 aliphatic rings. The molecule has 1 aromatic carbocycles. The van der Waals surface area contributed by atoms with Crippen molar-refractivity contribution in [1.29, 1.82) is 0 Å². The minimum atomic E-state index is -0.231. The Morgan fingerprint density at radius 1 is 1.30 bits per heavy atom. The van der Waals surface area contributed by atoms with Gasteiger partial charge in [0.25, 0.3) is 5.56 Å². The van der Waals surface area contributed by atoms with Gasteiger partial charge in [0.05, 0.1) is 12.3 Å². The Bertz CT molecular complexity index is 874. The first-order valence-electron chi connectivity index (χ1n) is 9.33. The predicted molar refractivity (Wildman–Crippen MR) is 101 cm³/mol. The maximum atomic E-state index is 12.7. The molecule has 1 aromatic heterocycles. The maximum Gasteiger partial charge on any atom is 0.256 e. The number of ether oxygens (including phenoxy) is 2. The van der Waals surface area contributed by atoms with E-state index in [9.17, 15) is 9.90 Å². The summed E-state index contributed by atoms with van der Waals surface area (Å²) in [7, 11) is 1.89. The number of aliphatic hydroxyl groups is 1. The van der Waals surface area contributed by atoms with Gasteiger partial charge in [0.1, 0.15) is 12.4 Å². The number of hydrogen-bond acceptors (Lipinski definition) is 6. The molecule has 144 valence electrons. The standard InChI is InChI=1S/C20H25N3O4/c1-23(12-20(13-24)6-8-26-9-7-20)19-21-16-11-27-17-5-3-2-4-14(17)10-15(16)18(25)22-19/h2-5,24H,6-13H2,1H3,(H,21,22,25). The van der Waals surface area contributed by atoms with Gasteiger partial charge in [-0.1, -0.05) is 18.2 Å². The van der Waals surface area contributed by atoms with E-state index >= 15 is 0 Å². The zero-order valence-corrected chi connectivity index (χ0v) is 15.5. The summed E-state index contributed by atoms with van der Waals surface area (Å²) < 4.78 is 11.3. The van der Waals surface area contributed by atoms with Crippen molar-refractivity contribution in [3.05, 3.63) is 51.4 Å². The van der Waals surface area contributed by atoms with Gasteiger partial charge in [-0.2, -0.15) is 0 Å². The molecule has 2 aliphatic heterocycles. The van der Waals surface area contributed by atoms with Crippen LogP contribution in [0.25, 0.3) is 0 Å². The van der Waals surface area contributed by atoms with Gasteiger partial charge in [0.2, 0.25) is 5.95 Å². The molecule has 0 unspecified atom stereocenters. The molecule has 27 heavy (non-hydrogen) atoms. The highest BCUT2D eigenvalue weighted by atomic mass is 16.5. The Morgan fingerprint density at radius 2 is 2.07 bits per heavy atom. The minimum absolute atomic E-state index is 0.0916. The highest BCUT2D eigenvalue weighted by Crippen LogP contribution is 2.32. The summed E-state index contributed by atoms with van der Waals surface area (Å²) in [6, 6.07) is 7.76. The van der Waals surface area contributed by atoms with Crippen LogP contribution in [0.5, 0.6) is 5.75 Å². The van der Waals surface area contributed by atoms with E-state index in [4.69, 9.17) is 9.47 Å². The van der Waals surface area contributed by atoms with Crippen LogP contribution in [0.3, 0.4) is 0 Å². The van der Waals surface area contributed by atoms with Crippen molar-refractivity contribution in [1.82, 2.24) is 9.97 Å². The summed E-state index contributed by atoms with van der Waals surface area (Å²) in [6.07, 6.45) is 2.10.